The van der Waals surface area contributed by atoms with Crippen molar-refractivity contribution in [1.29, 1.82) is 0 Å². The zero-order valence-electron chi connectivity index (χ0n) is 13.3. The van der Waals surface area contributed by atoms with Gasteiger partial charge in [0.15, 0.2) is 0 Å². The molecule has 0 radical (unpaired) electrons. The molecule has 1 N–H and O–H groups in total. The summed E-state index contributed by atoms with van der Waals surface area (Å²) in [4.78, 5) is 0. The van der Waals surface area contributed by atoms with E-state index < -0.39 is 0 Å². The van der Waals surface area contributed by atoms with Crippen molar-refractivity contribution in [3.05, 3.63) is 0 Å². The van der Waals surface area contributed by atoms with Gasteiger partial charge in [-0.05, 0) is 88.4 Å². The SMILES string of the molecule is CC(NCC1(C)CCCO1)C12CC3CC(CC(C3)C1)C2. The third-order valence-corrected chi connectivity index (χ3v) is 7.09. The normalized spacial score (nSPS) is 51.6. The fraction of sp³-hybridized carbons (Fsp3) is 1.00. The van der Waals surface area contributed by atoms with Gasteiger partial charge in [0.1, 0.15) is 0 Å². The van der Waals surface area contributed by atoms with Gasteiger partial charge in [-0.15, -0.1) is 0 Å². The minimum Gasteiger partial charge on any atom is -0.374 e. The van der Waals surface area contributed by atoms with Crippen molar-refractivity contribution in [1.82, 2.24) is 5.32 Å². The maximum atomic E-state index is 5.95. The topological polar surface area (TPSA) is 21.3 Å². The third-order valence-electron chi connectivity index (χ3n) is 7.09. The zero-order valence-corrected chi connectivity index (χ0v) is 13.3. The molecule has 5 aliphatic rings. The Kier molecular flexibility index (Phi) is 3.20. The van der Waals surface area contributed by atoms with E-state index in [-0.39, 0.29) is 5.60 Å². The second-order valence-electron chi connectivity index (χ2n) is 8.78. The minimum absolute atomic E-state index is 0.108. The molecule has 4 aliphatic carbocycles. The van der Waals surface area contributed by atoms with Crippen molar-refractivity contribution < 1.29 is 4.74 Å². The smallest absolute Gasteiger partial charge is 0.0779 e. The fourth-order valence-corrected chi connectivity index (χ4v) is 6.27. The Hall–Kier alpha value is -0.0800. The monoisotopic (exact) mass is 277 g/mol. The molecule has 114 valence electrons. The summed E-state index contributed by atoms with van der Waals surface area (Å²) in [6, 6.07) is 0.678. The summed E-state index contributed by atoms with van der Waals surface area (Å²) in [5, 5.41) is 3.90. The van der Waals surface area contributed by atoms with Crippen LogP contribution >= 0.6 is 0 Å². The van der Waals surface area contributed by atoms with E-state index in [0.717, 1.165) is 30.9 Å². The molecule has 0 aromatic carbocycles. The highest BCUT2D eigenvalue weighted by molar-refractivity contribution is 5.05. The minimum atomic E-state index is 0.108. The molecule has 0 amide bonds. The Balaban J connectivity index is 1.41. The summed E-state index contributed by atoms with van der Waals surface area (Å²) < 4.78 is 5.95. The van der Waals surface area contributed by atoms with E-state index in [9.17, 15) is 0 Å². The van der Waals surface area contributed by atoms with Crippen LogP contribution in [0.1, 0.15) is 65.2 Å². The first kappa shape index (κ1) is 13.6. The van der Waals surface area contributed by atoms with Gasteiger partial charge in [0.25, 0.3) is 0 Å². The predicted octanol–water partition coefficient (Wildman–Crippen LogP) is 3.75. The van der Waals surface area contributed by atoms with Crippen LogP contribution in [-0.2, 0) is 4.74 Å². The second kappa shape index (κ2) is 4.71. The average molecular weight is 277 g/mol. The Morgan fingerprint density at radius 3 is 2.20 bits per heavy atom. The third kappa shape index (κ3) is 2.23. The molecule has 1 saturated heterocycles. The van der Waals surface area contributed by atoms with Crippen LogP contribution in [0, 0.1) is 23.2 Å². The molecule has 2 unspecified atom stereocenters. The molecule has 1 heterocycles. The molecule has 1 aliphatic heterocycles. The highest BCUT2D eigenvalue weighted by Gasteiger charge is 2.53. The van der Waals surface area contributed by atoms with Gasteiger partial charge >= 0.3 is 0 Å². The van der Waals surface area contributed by atoms with E-state index >= 15 is 0 Å². The van der Waals surface area contributed by atoms with Crippen LogP contribution in [-0.4, -0.2) is 24.8 Å². The molecule has 0 spiro atoms. The summed E-state index contributed by atoms with van der Waals surface area (Å²) in [5.74, 6) is 3.18. The largest absolute Gasteiger partial charge is 0.374 e. The lowest BCUT2D eigenvalue weighted by Crippen LogP contribution is -2.56. The first-order valence-corrected chi connectivity index (χ1v) is 8.94. The maximum absolute atomic E-state index is 5.95. The summed E-state index contributed by atoms with van der Waals surface area (Å²) >= 11 is 0. The lowest BCUT2D eigenvalue weighted by atomic mass is 9.48. The molecule has 5 rings (SSSR count). The van der Waals surface area contributed by atoms with E-state index in [1.165, 1.54) is 32.1 Å². The van der Waals surface area contributed by atoms with Crippen LogP contribution in [0.2, 0.25) is 0 Å². The lowest BCUT2D eigenvalue weighted by Gasteiger charge is -2.59. The van der Waals surface area contributed by atoms with Gasteiger partial charge in [0.2, 0.25) is 0 Å². The van der Waals surface area contributed by atoms with Crippen LogP contribution in [0.25, 0.3) is 0 Å². The molecule has 20 heavy (non-hydrogen) atoms. The molecular formula is C18H31NO. The number of nitrogens with one attached hydrogen (secondary N) is 1. The summed E-state index contributed by atoms with van der Waals surface area (Å²) in [6.45, 7) is 6.77. The van der Waals surface area contributed by atoms with E-state index in [0.29, 0.717) is 11.5 Å². The number of hydrogen-bond acceptors (Lipinski definition) is 2. The van der Waals surface area contributed by atoms with E-state index in [1.807, 2.05) is 0 Å². The van der Waals surface area contributed by atoms with E-state index in [4.69, 9.17) is 4.74 Å². The zero-order chi connectivity index (χ0) is 13.8. The molecule has 0 aromatic rings. The van der Waals surface area contributed by atoms with Crippen molar-refractivity contribution in [2.45, 2.75) is 76.9 Å². The van der Waals surface area contributed by atoms with Gasteiger partial charge in [0, 0.05) is 19.2 Å². The Morgan fingerprint density at radius 2 is 1.70 bits per heavy atom. The van der Waals surface area contributed by atoms with Crippen LogP contribution in [0.15, 0.2) is 0 Å². The predicted molar refractivity (Wildman–Crippen MR) is 81.7 cm³/mol. The second-order valence-corrected chi connectivity index (χ2v) is 8.78. The lowest BCUT2D eigenvalue weighted by molar-refractivity contribution is -0.0746. The van der Waals surface area contributed by atoms with Gasteiger partial charge in [-0.3, -0.25) is 0 Å². The summed E-state index contributed by atoms with van der Waals surface area (Å²) in [7, 11) is 0. The van der Waals surface area contributed by atoms with Crippen molar-refractivity contribution in [2.24, 2.45) is 23.2 Å². The average Bonchev–Trinajstić information content (AvgIpc) is 2.82. The van der Waals surface area contributed by atoms with Gasteiger partial charge < -0.3 is 10.1 Å². The Morgan fingerprint density at radius 1 is 1.10 bits per heavy atom. The quantitative estimate of drug-likeness (QED) is 0.845. The van der Waals surface area contributed by atoms with Gasteiger partial charge in [-0.25, -0.2) is 0 Å². The standard InChI is InChI=1S/C18H31NO/c1-13(19-12-17(2)4-3-5-20-17)18-9-14-6-15(10-18)8-16(7-14)11-18/h13-16,19H,3-12H2,1-2H3. The summed E-state index contributed by atoms with van der Waals surface area (Å²) in [5.41, 5.74) is 0.736. The van der Waals surface area contributed by atoms with Crippen LogP contribution in [0.5, 0.6) is 0 Å². The van der Waals surface area contributed by atoms with Gasteiger partial charge in [-0.1, -0.05) is 0 Å². The Labute approximate surface area is 124 Å². The first-order valence-electron chi connectivity index (χ1n) is 8.94. The molecule has 5 fully saturated rings. The number of ether oxygens (including phenoxy) is 1. The Bertz CT molecular complexity index is 336. The van der Waals surface area contributed by atoms with Crippen LogP contribution in [0.4, 0.5) is 0 Å². The molecular weight excluding hydrogens is 246 g/mol. The van der Waals surface area contributed by atoms with Gasteiger partial charge in [0.05, 0.1) is 5.60 Å². The van der Waals surface area contributed by atoms with Crippen molar-refractivity contribution in [3.63, 3.8) is 0 Å². The molecule has 2 atom stereocenters. The number of rotatable bonds is 4. The van der Waals surface area contributed by atoms with E-state index in [1.54, 1.807) is 19.3 Å². The van der Waals surface area contributed by atoms with Crippen LogP contribution < -0.4 is 5.32 Å². The molecule has 2 heteroatoms. The van der Waals surface area contributed by atoms with Crippen LogP contribution in [0.3, 0.4) is 0 Å². The molecule has 4 bridgehead atoms. The maximum Gasteiger partial charge on any atom is 0.0779 e. The van der Waals surface area contributed by atoms with Gasteiger partial charge in [-0.2, -0.15) is 0 Å². The molecule has 0 aromatic heterocycles. The summed E-state index contributed by atoms with van der Waals surface area (Å²) in [6.07, 6.45) is 11.6. The van der Waals surface area contributed by atoms with Crippen molar-refractivity contribution in [3.8, 4) is 0 Å². The highest BCUT2D eigenvalue weighted by atomic mass is 16.5. The first-order chi connectivity index (χ1) is 9.57. The van der Waals surface area contributed by atoms with Crippen molar-refractivity contribution in [2.75, 3.05) is 13.2 Å². The fourth-order valence-electron chi connectivity index (χ4n) is 6.27. The van der Waals surface area contributed by atoms with E-state index in [2.05, 4.69) is 19.2 Å². The van der Waals surface area contributed by atoms with Crippen molar-refractivity contribution >= 4 is 0 Å². The number of hydrogen-bond donors (Lipinski definition) is 1. The highest BCUT2D eigenvalue weighted by Crippen LogP contribution is 2.61. The molecule has 4 saturated carbocycles. The molecule has 2 nitrogen and oxygen atoms in total.